The van der Waals surface area contributed by atoms with E-state index < -0.39 is 0 Å². The van der Waals surface area contributed by atoms with Gasteiger partial charge in [0.2, 0.25) is 0 Å². The van der Waals surface area contributed by atoms with Gasteiger partial charge >= 0.3 is 0 Å². The molecule has 0 spiro atoms. The Hall–Kier alpha value is -1.62. The van der Waals surface area contributed by atoms with E-state index >= 15 is 0 Å². The lowest BCUT2D eigenvalue weighted by Gasteiger charge is -2.26. The van der Waals surface area contributed by atoms with Gasteiger partial charge in [-0.1, -0.05) is 6.92 Å². The Balaban J connectivity index is 2.43. The predicted molar refractivity (Wildman–Crippen MR) is 80.5 cm³/mol. The molecule has 2 N–H and O–H groups in total. The van der Waals surface area contributed by atoms with Crippen LogP contribution in [0.2, 0.25) is 0 Å². The molecule has 0 fully saturated rings. The summed E-state index contributed by atoms with van der Waals surface area (Å²) in [5, 5.41) is 0.920. The Kier molecular flexibility index (Phi) is 4.04. The van der Waals surface area contributed by atoms with Gasteiger partial charge in [-0.05, 0) is 26.3 Å². The summed E-state index contributed by atoms with van der Waals surface area (Å²) in [5.41, 5.74) is 6.69. The zero-order valence-corrected chi connectivity index (χ0v) is 12.3. The summed E-state index contributed by atoms with van der Waals surface area (Å²) < 4.78 is 0.962. The van der Waals surface area contributed by atoms with Crippen LogP contribution in [0.25, 0.3) is 10.1 Å². The molecule has 102 valence electrons. The molecule has 1 atom stereocenters. The minimum absolute atomic E-state index is 0.0237. The molecule has 1 unspecified atom stereocenters. The van der Waals surface area contributed by atoms with Crippen LogP contribution < -0.4 is 5.73 Å². The minimum Gasteiger partial charge on any atom is -0.397 e. The molecular weight excluding hydrogens is 258 g/mol. The number of nitrogens with two attached hydrogens (primary N) is 1. The van der Waals surface area contributed by atoms with Crippen LogP contribution >= 0.6 is 11.3 Å². The van der Waals surface area contributed by atoms with Gasteiger partial charge in [-0.2, -0.15) is 0 Å². The smallest absolute Gasteiger partial charge is 0.266 e. The number of hydrogen-bond acceptors (Lipinski definition) is 4. The number of nitrogens with zero attached hydrogens (tertiary/aromatic N) is 2. The number of nitrogen functional groups attached to an aromatic ring is 1. The molecule has 2 aromatic rings. The summed E-state index contributed by atoms with van der Waals surface area (Å²) in [4.78, 5) is 19.2. The van der Waals surface area contributed by atoms with E-state index in [2.05, 4.69) is 18.8 Å². The molecule has 0 aromatic carbocycles. The summed E-state index contributed by atoms with van der Waals surface area (Å²) in [6.07, 6.45) is 4.39. The molecule has 4 nitrogen and oxygen atoms in total. The van der Waals surface area contributed by atoms with E-state index in [1.165, 1.54) is 11.3 Å². The molecule has 0 radical (unpaired) electrons. The number of pyridine rings is 1. The zero-order chi connectivity index (χ0) is 14.0. The second-order valence-corrected chi connectivity index (χ2v) is 5.62. The van der Waals surface area contributed by atoms with Crippen molar-refractivity contribution in [1.82, 2.24) is 9.88 Å². The Labute approximate surface area is 117 Å². The van der Waals surface area contributed by atoms with E-state index in [0.717, 1.165) is 16.5 Å². The first-order valence-electron chi connectivity index (χ1n) is 6.53. The first-order valence-corrected chi connectivity index (χ1v) is 7.34. The Morgan fingerprint density at radius 2 is 2.26 bits per heavy atom. The average molecular weight is 277 g/mol. The van der Waals surface area contributed by atoms with Crippen LogP contribution in [0.3, 0.4) is 0 Å². The number of aromatic nitrogens is 1. The van der Waals surface area contributed by atoms with Crippen LogP contribution in [-0.4, -0.2) is 28.4 Å². The van der Waals surface area contributed by atoms with E-state index in [4.69, 9.17) is 5.73 Å². The minimum atomic E-state index is 0.0237. The molecule has 0 saturated heterocycles. The third-order valence-corrected chi connectivity index (χ3v) is 4.59. The highest BCUT2D eigenvalue weighted by Crippen LogP contribution is 2.34. The molecule has 5 heteroatoms. The van der Waals surface area contributed by atoms with Gasteiger partial charge in [-0.25, -0.2) is 0 Å². The molecule has 2 heterocycles. The van der Waals surface area contributed by atoms with Gasteiger partial charge in [0.1, 0.15) is 4.88 Å². The van der Waals surface area contributed by atoms with Gasteiger partial charge < -0.3 is 10.6 Å². The number of carbonyl (C=O) groups excluding carboxylic acids is 1. The maximum Gasteiger partial charge on any atom is 0.266 e. The third kappa shape index (κ3) is 2.42. The van der Waals surface area contributed by atoms with Crippen LogP contribution in [0.1, 0.15) is 36.9 Å². The molecule has 0 saturated carbocycles. The number of amides is 1. The molecule has 2 aromatic heterocycles. The predicted octanol–water partition coefficient (Wildman–Crippen LogP) is 3.14. The highest BCUT2D eigenvalue weighted by molar-refractivity contribution is 7.21. The fourth-order valence-corrected chi connectivity index (χ4v) is 3.18. The van der Waals surface area contributed by atoms with E-state index in [1.807, 2.05) is 17.9 Å². The number of rotatable bonds is 4. The van der Waals surface area contributed by atoms with Crippen molar-refractivity contribution in [1.29, 1.82) is 0 Å². The van der Waals surface area contributed by atoms with E-state index in [1.54, 1.807) is 12.4 Å². The molecule has 2 rings (SSSR count). The van der Waals surface area contributed by atoms with Crippen molar-refractivity contribution in [2.45, 2.75) is 33.2 Å². The van der Waals surface area contributed by atoms with Gasteiger partial charge in [0, 0.05) is 30.4 Å². The van der Waals surface area contributed by atoms with Gasteiger partial charge in [0.25, 0.3) is 5.91 Å². The molecule has 0 aliphatic rings. The average Bonchev–Trinajstić information content (AvgIpc) is 2.77. The first-order chi connectivity index (χ1) is 9.10. The highest BCUT2D eigenvalue weighted by atomic mass is 32.1. The van der Waals surface area contributed by atoms with Gasteiger partial charge in [0.15, 0.2) is 0 Å². The van der Waals surface area contributed by atoms with Crippen molar-refractivity contribution >= 4 is 33.0 Å². The van der Waals surface area contributed by atoms with E-state index in [-0.39, 0.29) is 11.9 Å². The monoisotopic (exact) mass is 277 g/mol. The van der Waals surface area contributed by atoms with Crippen LogP contribution in [0.4, 0.5) is 5.69 Å². The Bertz CT molecular complexity index is 593. The molecular formula is C14H19N3OS. The third-order valence-electron chi connectivity index (χ3n) is 3.45. The second-order valence-electron chi connectivity index (χ2n) is 4.57. The van der Waals surface area contributed by atoms with Gasteiger partial charge in [0.05, 0.1) is 10.4 Å². The molecule has 0 aliphatic heterocycles. The zero-order valence-electron chi connectivity index (χ0n) is 11.5. The van der Waals surface area contributed by atoms with E-state index in [0.29, 0.717) is 17.1 Å². The topological polar surface area (TPSA) is 59.2 Å². The van der Waals surface area contributed by atoms with Crippen molar-refractivity contribution in [3.63, 3.8) is 0 Å². The molecule has 19 heavy (non-hydrogen) atoms. The Morgan fingerprint density at radius 3 is 2.84 bits per heavy atom. The van der Waals surface area contributed by atoms with Crippen LogP contribution in [0.15, 0.2) is 18.5 Å². The first kappa shape index (κ1) is 13.8. The largest absolute Gasteiger partial charge is 0.397 e. The van der Waals surface area contributed by atoms with E-state index in [9.17, 15) is 4.79 Å². The normalized spacial score (nSPS) is 12.6. The summed E-state index contributed by atoms with van der Waals surface area (Å²) in [7, 11) is 0. The Morgan fingerprint density at radius 1 is 1.53 bits per heavy atom. The maximum absolute atomic E-state index is 12.6. The van der Waals surface area contributed by atoms with Gasteiger partial charge in [-0.15, -0.1) is 11.3 Å². The molecule has 0 bridgehead atoms. The SMILES string of the molecule is CCC(C)N(CC)C(=O)c1sc2cnccc2c1N. The number of hydrogen-bond donors (Lipinski definition) is 1. The summed E-state index contributed by atoms with van der Waals surface area (Å²) in [6, 6.07) is 2.08. The summed E-state index contributed by atoms with van der Waals surface area (Å²) in [6.45, 7) is 6.83. The second kappa shape index (κ2) is 5.57. The number of anilines is 1. The fraction of sp³-hybridized carbons (Fsp3) is 0.429. The highest BCUT2D eigenvalue weighted by Gasteiger charge is 2.23. The van der Waals surface area contributed by atoms with Crippen LogP contribution in [-0.2, 0) is 0 Å². The number of fused-ring (bicyclic) bond motifs is 1. The van der Waals surface area contributed by atoms with Crippen molar-refractivity contribution < 1.29 is 4.79 Å². The maximum atomic E-state index is 12.6. The quantitative estimate of drug-likeness (QED) is 0.934. The molecule has 1 amide bonds. The van der Waals surface area contributed by atoms with Crippen LogP contribution in [0, 0.1) is 0 Å². The summed E-state index contributed by atoms with van der Waals surface area (Å²) in [5.74, 6) is 0.0237. The summed E-state index contributed by atoms with van der Waals surface area (Å²) >= 11 is 1.42. The lowest BCUT2D eigenvalue weighted by atomic mass is 10.2. The number of thiophene rings is 1. The van der Waals surface area contributed by atoms with Crippen molar-refractivity contribution in [3.05, 3.63) is 23.3 Å². The number of carbonyl (C=O) groups is 1. The molecule has 0 aliphatic carbocycles. The lowest BCUT2D eigenvalue weighted by molar-refractivity contribution is 0.0706. The standard InChI is InChI=1S/C14H19N3OS/c1-4-9(3)17(5-2)14(18)13-12(15)10-6-7-16-8-11(10)19-13/h6-9H,4-5,15H2,1-3H3. The van der Waals surface area contributed by atoms with Gasteiger partial charge in [-0.3, -0.25) is 9.78 Å². The van der Waals surface area contributed by atoms with Crippen molar-refractivity contribution in [2.75, 3.05) is 12.3 Å². The van der Waals surface area contributed by atoms with Crippen LogP contribution in [0.5, 0.6) is 0 Å². The van der Waals surface area contributed by atoms with Crippen molar-refractivity contribution in [2.24, 2.45) is 0 Å². The van der Waals surface area contributed by atoms with Crippen molar-refractivity contribution in [3.8, 4) is 0 Å². The lowest BCUT2D eigenvalue weighted by Crippen LogP contribution is -2.37. The fourth-order valence-electron chi connectivity index (χ4n) is 2.14.